The highest BCUT2D eigenvalue weighted by Crippen LogP contribution is 2.38. The summed E-state index contributed by atoms with van der Waals surface area (Å²) < 4.78 is 5.74. The Morgan fingerprint density at radius 2 is 1.84 bits per heavy atom. The van der Waals surface area contributed by atoms with Crippen molar-refractivity contribution in [1.82, 2.24) is 25.1 Å². The number of morpholine rings is 1. The van der Waals surface area contributed by atoms with Crippen LogP contribution in [-0.2, 0) is 17.8 Å². The molecule has 4 aliphatic rings. The predicted octanol–water partition coefficient (Wildman–Crippen LogP) is 4.77. The third-order valence-corrected chi connectivity index (χ3v) is 9.25. The summed E-state index contributed by atoms with van der Waals surface area (Å²) in [6.45, 7) is 13.7. The smallest absolute Gasteiger partial charge is 0.407 e. The molecule has 3 atom stereocenters. The van der Waals surface area contributed by atoms with E-state index in [0.717, 1.165) is 74.6 Å². The van der Waals surface area contributed by atoms with Gasteiger partial charge in [-0.3, -0.25) is 4.90 Å². The minimum absolute atomic E-state index is 0.00197. The second kappa shape index (κ2) is 11.9. The van der Waals surface area contributed by atoms with E-state index in [4.69, 9.17) is 14.7 Å². The van der Waals surface area contributed by atoms with Crippen molar-refractivity contribution in [2.24, 2.45) is 11.3 Å². The fourth-order valence-corrected chi connectivity index (χ4v) is 6.74. The normalized spacial score (nSPS) is 24.5. The number of piperidine rings is 1. The molecule has 1 aliphatic carbocycles. The quantitative estimate of drug-likeness (QED) is 0.439. The zero-order valence-electron chi connectivity index (χ0n) is 25.8. The summed E-state index contributed by atoms with van der Waals surface area (Å²) in [5, 5.41) is 15.7. The highest BCUT2D eigenvalue weighted by atomic mass is 16.5. The number of nitrogens with zero attached hydrogens (tertiary/aromatic N) is 5. The lowest BCUT2D eigenvalue weighted by molar-refractivity contribution is 0.0319. The lowest BCUT2D eigenvalue weighted by Crippen LogP contribution is -2.52. The van der Waals surface area contributed by atoms with Gasteiger partial charge < -0.3 is 30.3 Å². The molecule has 0 bridgehead atoms. The molecule has 6 rings (SSSR count). The molecule has 3 N–H and O–H groups in total. The first-order valence-electron chi connectivity index (χ1n) is 15.7. The Labute approximate surface area is 254 Å². The number of hydrogen-bond acceptors (Lipinski definition) is 7. The predicted molar refractivity (Wildman–Crippen MR) is 165 cm³/mol. The van der Waals surface area contributed by atoms with Crippen LogP contribution < -0.4 is 15.5 Å². The summed E-state index contributed by atoms with van der Waals surface area (Å²) in [6.07, 6.45) is 3.01. The van der Waals surface area contributed by atoms with Crippen LogP contribution in [0.4, 0.5) is 21.1 Å². The number of carbonyl (C=O) groups excluding carboxylic acids is 1. The lowest BCUT2D eigenvalue weighted by atomic mass is 9.77. The first kappa shape index (κ1) is 29.6. The van der Waals surface area contributed by atoms with Crippen LogP contribution in [0.25, 0.3) is 11.4 Å². The van der Waals surface area contributed by atoms with Gasteiger partial charge in [0.1, 0.15) is 5.82 Å². The van der Waals surface area contributed by atoms with Gasteiger partial charge in [0.05, 0.1) is 24.9 Å². The van der Waals surface area contributed by atoms with Gasteiger partial charge in [0.25, 0.3) is 0 Å². The first-order valence-corrected chi connectivity index (χ1v) is 15.7. The van der Waals surface area contributed by atoms with Crippen LogP contribution in [0.2, 0.25) is 0 Å². The fourth-order valence-electron chi connectivity index (χ4n) is 6.74. The van der Waals surface area contributed by atoms with Crippen molar-refractivity contribution < 1.29 is 19.4 Å². The van der Waals surface area contributed by atoms with E-state index in [0.29, 0.717) is 37.5 Å². The molecule has 2 saturated heterocycles. The Morgan fingerprint density at radius 1 is 1.07 bits per heavy atom. The molecule has 4 heterocycles. The van der Waals surface area contributed by atoms with E-state index in [2.05, 4.69) is 48.1 Å². The minimum atomic E-state index is -0.815. The van der Waals surface area contributed by atoms with Gasteiger partial charge in [0.15, 0.2) is 5.82 Å². The maximum atomic E-state index is 12.2. The molecule has 232 valence electrons. The number of carbonyl (C=O) groups is 2. The van der Waals surface area contributed by atoms with Crippen molar-refractivity contribution in [2.45, 2.75) is 84.6 Å². The number of amides is 3. The number of hydrogen-bond donors (Lipinski definition) is 3. The van der Waals surface area contributed by atoms with Crippen LogP contribution in [0.15, 0.2) is 24.3 Å². The summed E-state index contributed by atoms with van der Waals surface area (Å²) in [5.41, 5.74) is 3.77. The van der Waals surface area contributed by atoms with Crippen molar-refractivity contribution in [1.29, 1.82) is 0 Å². The summed E-state index contributed by atoms with van der Waals surface area (Å²) in [6, 6.07) is 8.08. The van der Waals surface area contributed by atoms with Gasteiger partial charge in [-0.1, -0.05) is 20.8 Å². The molecule has 1 saturated carbocycles. The second-order valence-electron chi connectivity index (χ2n) is 13.8. The molecule has 1 aromatic heterocycles. The van der Waals surface area contributed by atoms with E-state index < -0.39 is 6.09 Å². The van der Waals surface area contributed by atoms with Gasteiger partial charge in [-0.05, 0) is 68.2 Å². The van der Waals surface area contributed by atoms with Crippen molar-refractivity contribution in [3.63, 3.8) is 0 Å². The molecule has 0 spiro atoms. The summed E-state index contributed by atoms with van der Waals surface area (Å²) in [4.78, 5) is 40.8. The average molecular weight is 592 g/mol. The van der Waals surface area contributed by atoms with Crippen LogP contribution in [0, 0.1) is 11.3 Å². The van der Waals surface area contributed by atoms with Gasteiger partial charge in [0, 0.05) is 61.6 Å². The Morgan fingerprint density at radius 3 is 2.51 bits per heavy atom. The van der Waals surface area contributed by atoms with Gasteiger partial charge in [-0.25, -0.2) is 19.6 Å². The maximum absolute atomic E-state index is 12.2. The van der Waals surface area contributed by atoms with Crippen molar-refractivity contribution in [2.75, 3.05) is 43.1 Å². The number of anilines is 2. The van der Waals surface area contributed by atoms with Crippen molar-refractivity contribution in [3.8, 4) is 11.4 Å². The highest BCUT2D eigenvalue weighted by Gasteiger charge is 2.40. The highest BCUT2D eigenvalue weighted by molar-refractivity contribution is 5.89. The number of aromatic nitrogens is 2. The van der Waals surface area contributed by atoms with Gasteiger partial charge in [0.2, 0.25) is 0 Å². The van der Waals surface area contributed by atoms with Gasteiger partial charge >= 0.3 is 12.1 Å². The largest absolute Gasteiger partial charge is 0.465 e. The molecule has 2 aromatic rings. The third-order valence-electron chi connectivity index (χ3n) is 9.25. The van der Waals surface area contributed by atoms with E-state index in [1.165, 1.54) is 5.56 Å². The molecule has 3 aliphatic heterocycles. The van der Waals surface area contributed by atoms with E-state index in [-0.39, 0.29) is 23.5 Å². The van der Waals surface area contributed by atoms with E-state index in [9.17, 15) is 14.7 Å². The summed E-state index contributed by atoms with van der Waals surface area (Å²) in [7, 11) is 0. The SMILES string of the molecule is CC1COCCN1c1nc(-c2ccc(NC(=O)NC3CC3)cc2)nc2c1CN(CC1CCN(C(=O)O)[C@H](C(C)(C)C)C1)C2. The molecule has 3 amide bonds. The van der Waals surface area contributed by atoms with Crippen molar-refractivity contribution >= 4 is 23.6 Å². The number of rotatable bonds is 6. The minimum Gasteiger partial charge on any atom is -0.465 e. The number of ether oxygens (including phenoxy) is 1. The molecule has 0 radical (unpaired) electrons. The zero-order valence-corrected chi connectivity index (χ0v) is 25.8. The van der Waals surface area contributed by atoms with Crippen molar-refractivity contribution in [3.05, 3.63) is 35.5 Å². The maximum Gasteiger partial charge on any atom is 0.407 e. The molecule has 2 unspecified atom stereocenters. The molecule has 1 aromatic carbocycles. The second-order valence-corrected chi connectivity index (χ2v) is 13.8. The third kappa shape index (κ3) is 6.72. The van der Waals surface area contributed by atoms with Gasteiger partial charge in [-0.2, -0.15) is 0 Å². The van der Waals surface area contributed by atoms with Crippen LogP contribution in [0.3, 0.4) is 0 Å². The number of benzene rings is 1. The Bertz CT molecular complexity index is 1340. The first-order chi connectivity index (χ1) is 20.5. The number of fused-ring (bicyclic) bond motifs is 1. The van der Waals surface area contributed by atoms with E-state index in [1.807, 2.05) is 24.3 Å². The van der Waals surface area contributed by atoms with E-state index >= 15 is 0 Å². The monoisotopic (exact) mass is 591 g/mol. The van der Waals surface area contributed by atoms with Crippen LogP contribution in [-0.4, -0.2) is 88.0 Å². The molecule has 3 fully saturated rings. The standard InChI is InChI=1S/C32H45N7O4/c1-20-19-43-14-13-38(20)29-25-17-37(16-21-11-12-39(31(41)42)27(15-21)32(2,3)4)18-26(25)35-28(36-29)22-5-7-23(8-6-22)33-30(40)34-24-9-10-24/h5-8,20-21,24,27H,9-19H2,1-4H3,(H,41,42)(H2,33,34,40)/t20?,21?,27-/m0/s1. The molecular weight excluding hydrogens is 546 g/mol. The van der Waals surface area contributed by atoms with Gasteiger partial charge in [-0.15, -0.1) is 0 Å². The number of nitrogens with one attached hydrogen (secondary N) is 2. The number of carboxylic acid groups (broad SMARTS) is 1. The topological polar surface area (TPSA) is 123 Å². The molecule has 43 heavy (non-hydrogen) atoms. The zero-order chi connectivity index (χ0) is 30.3. The number of urea groups is 1. The lowest BCUT2D eigenvalue weighted by Gasteiger charge is -2.45. The Kier molecular flexibility index (Phi) is 8.21. The van der Waals surface area contributed by atoms with Crippen LogP contribution in [0.1, 0.15) is 64.6 Å². The summed E-state index contributed by atoms with van der Waals surface area (Å²) in [5.74, 6) is 2.09. The molecular formula is C32H45N7O4. The Hall–Kier alpha value is -3.44. The number of likely N-dealkylation sites (tertiary alicyclic amines) is 1. The van der Waals surface area contributed by atoms with Crippen LogP contribution in [0.5, 0.6) is 0 Å². The summed E-state index contributed by atoms with van der Waals surface area (Å²) >= 11 is 0. The van der Waals surface area contributed by atoms with E-state index in [1.54, 1.807) is 4.90 Å². The Balaban J connectivity index is 1.21. The molecule has 11 heteroatoms. The fraction of sp³-hybridized carbons (Fsp3) is 0.625. The average Bonchev–Trinajstić information content (AvgIpc) is 3.68. The van der Waals surface area contributed by atoms with Crippen LogP contribution >= 0.6 is 0 Å². The molecule has 11 nitrogen and oxygen atoms in total.